The van der Waals surface area contributed by atoms with E-state index in [9.17, 15) is 18.0 Å². The Morgan fingerprint density at radius 3 is 2.13 bits per heavy atom. The number of para-hydroxylation sites is 1. The standard InChI is InChI=1S/C16H22F3N3O/c1-12-4-3-5-13(2)15(12)20-14(23)10-21-6-8-22(9-7-21)11-16(17,18)19/h3-5H,6-11H2,1-2H3,(H,20,23). The smallest absolute Gasteiger partial charge is 0.324 e. The topological polar surface area (TPSA) is 35.6 Å². The molecule has 1 aromatic rings. The summed E-state index contributed by atoms with van der Waals surface area (Å²) in [6.45, 7) is 4.78. The minimum absolute atomic E-state index is 0.133. The lowest BCUT2D eigenvalue weighted by molar-refractivity contribution is -0.149. The fraction of sp³-hybridized carbons (Fsp3) is 0.562. The Bertz CT molecular complexity index is 532. The van der Waals surface area contributed by atoms with E-state index in [0.29, 0.717) is 26.2 Å². The maximum Gasteiger partial charge on any atom is 0.401 e. The van der Waals surface area contributed by atoms with Crippen molar-refractivity contribution in [3.8, 4) is 0 Å². The summed E-state index contributed by atoms with van der Waals surface area (Å²) in [7, 11) is 0. The summed E-state index contributed by atoms with van der Waals surface area (Å²) >= 11 is 0. The molecule has 0 saturated carbocycles. The minimum Gasteiger partial charge on any atom is -0.324 e. The number of amides is 1. The van der Waals surface area contributed by atoms with Gasteiger partial charge in [-0.05, 0) is 25.0 Å². The van der Waals surface area contributed by atoms with E-state index < -0.39 is 12.7 Å². The van der Waals surface area contributed by atoms with Gasteiger partial charge in [-0.25, -0.2) is 0 Å². The second-order valence-corrected chi connectivity index (χ2v) is 5.98. The first-order valence-electron chi connectivity index (χ1n) is 7.62. The van der Waals surface area contributed by atoms with Gasteiger partial charge >= 0.3 is 6.18 Å². The normalized spacial score (nSPS) is 17.3. The van der Waals surface area contributed by atoms with Crippen LogP contribution in [-0.2, 0) is 4.79 Å². The predicted molar refractivity (Wildman–Crippen MR) is 83.5 cm³/mol. The number of alkyl halides is 3. The quantitative estimate of drug-likeness (QED) is 0.921. The average molecular weight is 329 g/mol. The molecule has 128 valence electrons. The number of halogens is 3. The van der Waals surface area contributed by atoms with Crippen LogP contribution < -0.4 is 5.32 Å². The van der Waals surface area contributed by atoms with Crippen LogP contribution in [0.5, 0.6) is 0 Å². The summed E-state index contributed by atoms with van der Waals surface area (Å²) < 4.78 is 37.0. The molecule has 2 rings (SSSR count). The van der Waals surface area contributed by atoms with E-state index >= 15 is 0 Å². The van der Waals surface area contributed by atoms with Crippen LogP contribution in [0.15, 0.2) is 18.2 Å². The van der Waals surface area contributed by atoms with E-state index in [0.717, 1.165) is 16.8 Å². The van der Waals surface area contributed by atoms with Gasteiger partial charge in [-0.1, -0.05) is 18.2 Å². The largest absolute Gasteiger partial charge is 0.401 e. The number of hydrogen-bond donors (Lipinski definition) is 1. The Labute approximate surface area is 134 Å². The highest BCUT2D eigenvalue weighted by Crippen LogP contribution is 2.20. The summed E-state index contributed by atoms with van der Waals surface area (Å²) in [5, 5.41) is 2.90. The molecule has 1 aromatic carbocycles. The average Bonchev–Trinajstić information content (AvgIpc) is 2.44. The highest BCUT2D eigenvalue weighted by atomic mass is 19.4. The van der Waals surface area contributed by atoms with Crippen LogP contribution in [-0.4, -0.2) is 61.2 Å². The van der Waals surface area contributed by atoms with Crippen molar-refractivity contribution >= 4 is 11.6 Å². The van der Waals surface area contributed by atoms with Crippen molar-refractivity contribution in [1.29, 1.82) is 0 Å². The van der Waals surface area contributed by atoms with Crippen molar-refractivity contribution < 1.29 is 18.0 Å². The van der Waals surface area contributed by atoms with Crippen LogP contribution in [0, 0.1) is 13.8 Å². The second kappa shape index (κ2) is 7.31. The molecule has 0 aliphatic carbocycles. The zero-order valence-corrected chi connectivity index (χ0v) is 13.4. The molecule has 0 atom stereocenters. The van der Waals surface area contributed by atoms with Crippen molar-refractivity contribution in [3.63, 3.8) is 0 Å². The van der Waals surface area contributed by atoms with Crippen molar-refractivity contribution in [2.45, 2.75) is 20.0 Å². The molecule has 1 amide bonds. The molecule has 1 saturated heterocycles. The van der Waals surface area contributed by atoms with Crippen LogP contribution in [0.4, 0.5) is 18.9 Å². The highest BCUT2D eigenvalue weighted by molar-refractivity contribution is 5.93. The molecule has 0 spiro atoms. The fourth-order valence-electron chi connectivity index (χ4n) is 2.75. The molecule has 1 fully saturated rings. The number of carbonyl (C=O) groups is 1. The molecule has 1 N–H and O–H groups in total. The number of nitrogens with zero attached hydrogens (tertiary/aromatic N) is 2. The lowest BCUT2D eigenvalue weighted by Gasteiger charge is -2.34. The molecule has 0 radical (unpaired) electrons. The number of anilines is 1. The lowest BCUT2D eigenvalue weighted by atomic mass is 10.1. The molecular weight excluding hydrogens is 307 g/mol. The summed E-state index contributed by atoms with van der Waals surface area (Å²) in [5.41, 5.74) is 2.80. The zero-order valence-electron chi connectivity index (χ0n) is 13.4. The van der Waals surface area contributed by atoms with E-state index in [-0.39, 0.29) is 12.5 Å². The van der Waals surface area contributed by atoms with Crippen LogP contribution in [0.25, 0.3) is 0 Å². The first kappa shape index (κ1) is 17.7. The van der Waals surface area contributed by atoms with Gasteiger partial charge in [0.1, 0.15) is 0 Å². The third-order valence-corrected chi connectivity index (χ3v) is 3.98. The first-order valence-corrected chi connectivity index (χ1v) is 7.62. The number of rotatable bonds is 4. The zero-order chi connectivity index (χ0) is 17.0. The molecule has 1 aliphatic rings. The van der Waals surface area contributed by atoms with Gasteiger partial charge in [-0.3, -0.25) is 14.6 Å². The Morgan fingerprint density at radius 2 is 1.61 bits per heavy atom. The van der Waals surface area contributed by atoms with E-state index in [2.05, 4.69) is 5.32 Å². The lowest BCUT2D eigenvalue weighted by Crippen LogP contribution is -2.50. The second-order valence-electron chi connectivity index (χ2n) is 5.98. The van der Waals surface area contributed by atoms with Gasteiger partial charge in [0.2, 0.25) is 5.91 Å². The third kappa shape index (κ3) is 5.51. The maximum absolute atomic E-state index is 12.3. The molecule has 23 heavy (non-hydrogen) atoms. The number of nitrogens with one attached hydrogen (secondary N) is 1. The molecule has 0 unspecified atom stereocenters. The summed E-state index contributed by atoms with van der Waals surface area (Å²) in [5.74, 6) is -0.133. The molecule has 0 aromatic heterocycles. The van der Waals surface area contributed by atoms with Gasteiger partial charge in [-0.15, -0.1) is 0 Å². The summed E-state index contributed by atoms with van der Waals surface area (Å²) in [4.78, 5) is 15.4. The Balaban J connectivity index is 1.81. The van der Waals surface area contributed by atoms with Crippen LogP contribution in [0.1, 0.15) is 11.1 Å². The van der Waals surface area contributed by atoms with E-state index in [1.165, 1.54) is 4.90 Å². The number of aryl methyl sites for hydroxylation is 2. The number of benzene rings is 1. The maximum atomic E-state index is 12.3. The first-order chi connectivity index (χ1) is 10.7. The summed E-state index contributed by atoms with van der Waals surface area (Å²) in [6.07, 6.45) is -4.16. The van der Waals surface area contributed by atoms with Gasteiger partial charge in [0.05, 0.1) is 13.1 Å². The number of hydrogen-bond acceptors (Lipinski definition) is 3. The van der Waals surface area contributed by atoms with E-state index in [4.69, 9.17) is 0 Å². The minimum atomic E-state index is -4.16. The Morgan fingerprint density at radius 1 is 1.09 bits per heavy atom. The molecule has 0 bridgehead atoms. The number of carbonyl (C=O) groups excluding carboxylic acids is 1. The van der Waals surface area contributed by atoms with Gasteiger partial charge in [0.15, 0.2) is 0 Å². The van der Waals surface area contributed by atoms with Crippen molar-refractivity contribution in [2.24, 2.45) is 0 Å². The third-order valence-electron chi connectivity index (χ3n) is 3.98. The van der Waals surface area contributed by atoms with Crippen molar-refractivity contribution in [3.05, 3.63) is 29.3 Å². The van der Waals surface area contributed by atoms with Crippen molar-refractivity contribution in [1.82, 2.24) is 9.80 Å². The molecular formula is C16H22F3N3O. The van der Waals surface area contributed by atoms with Crippen LogP contribution in [0.2, 0.25) is 0 Å². The van der Waals surface area contributed by atoms with E-state index in [1.54, 1.807) is 0 Å². The fourth-order valence-corrected chi connectivity index (χ4v) is 2.75. The SMILES string of the molecule is Cc1cccc(C)c1NC(=O)CN1CCN(CC(F)(F)F)CC1. The molecule has 1 heterocycles. The summed E-state index contributed by atoms with van der Waals surface area (Å²) in [6, 6.07) is 5.79. The van der Waals surface area contributed by atoms with Crippen molar-refractivity contribution in [2.75, 3.05) is 44.6 Å². The van der Waals surface area contributed by atoms with E-state index in [1.807, 2.05) is 36.9 Å². The monoisotopic (exact) mass is 329 g/mol. The van der Waals surface area contributed by atoms with Crippen LogP contribution in [0.3, 0.4) is 0 Å². The van der Waals surface area contributed by atoms with Gasteiger partial charge in [0.25, 0.3) is 0 Å². The van der Waals surface area contributed by atoms with Gasteiger partial charge in [0, 0.05) is 31.9 Å². The molecule has 4 nitrogen and oxygen atoms in total. The number of piperazine rings is 1. The Kier molecular flexibility index (Phi) is 5.64. The predicted octanol–water partition coefficient (Wildman–Crippen LogP) is 2.42. The molecule has 1 aliphatic heterocycles. The van der Waals surface area contributed by atoms with Gasteiger partial charge in [-0.2, -0.15) is 13.2 Å². The molecule has 7 heteroatoms. The highest BCUT2D eigenvalue weighted by Gasteiger charge is 2.32. The van der Waals surface area contributed by atoms with Crippen LogP contribution >= 0.6 is 0 Å². The Hall–Kier alpha value is -1.60. The van der Waals surface area contributed by atoms with Gasteiger partial charge < -0.3 is 5.32 Å².